The van der Waals surface area contributed by atoms with Crippen LogP contribution in [0.4, 0.5) is 0 Å². The predicted molar refractivity (Wildman–Crippen MR) is 89.6 cm³/mol. The molecule has 22 heavy (non-hydrogen) atoms. The number of amidine groups is 1. The smallest absolute Gasteiger partial charge is 0.286 e. The number of para-hydroxylation sites is 1. The molecule has 1 aromatic heterocycles. The van der Waals surface area contributed by atoms with Crippen molar-refractivity contribution < 1.29 is 9.21 Å². The Kier molecular flexibility index (Phi) is 3.50. The number of amides is 1. The van der Waals surface area contributed by atoms with Crippen LogP contribution in [0.15, 0.2) is 44.6 Å². The van der Waals surface area contributed by atoms with Crippen molar-refractivity contribution in [1.29, 1.82) is 0 Å². The van der Waals surface area contributed by atoms with Crippen LogP contribution in [0.1, 0.15) is 25.0 Å². The van der Waals surface area contributed by atoms with Gasteiger partial charge in [-0.1, -0.05) is 18.2 Å². The van der Waals surface area contributed by atoms with Gasteiger partial charge in [0, 0.05) is 24.6 Å². The van der Waals surface area contributed by atoms with E-state index in [4.69, 9.17) is 4.42 Å². The van der Waals surface area contributed by atoms with E-state index in [1.807, 2.05) is 30.3 Å². The first kappa shape index (κ1) is 13.6. The summed E-state index contributed by atoms with van der Waals surface area (Å²) in [7, 11) is 0. The monoisotopic (exact) mass is 312 g/mol. The molecule has 112 valence electrons. The van der Waals surface area contributed by atoms with Crippen LogP contribution in [0.3, 0.4) is 0 Å². The van der Waals surface area contributed by atoms with Crippen LogP contribution in [0.25, 0.3) is 17.0 Å². The third-order valence-electron chi connectivity index (χ3n) is 3.95. The highest BCUT2D eigenvalue weighted by molar-refractivity contribution is 8.18. The molecular formula is C17H16N2O2S. The van der Waals surface area contributed by atoms with Gasteiger partial charge in [-0.2, -0.15) is 4.99 Å². The van der Waals surface area contributed by atoms with Crippen LogP contribution in [-0.4, -0.2) is 29.1 Å². The molecule has 4 nitrogen and oxygen atoms in total. The maximum absolute atomic E-state index is 12.1. The first-order chi connectivity index (χ1) is 10.8. The molecule has 0 bridgehead atoms. The summed E-state index contributed by atoms with van der Waals surface area (Å²) in [6.07, 6.45) is 5.42. The molecule has 4 rings (SSSR count). The third kappa shape index (κ3) is 2.57. The Morgan fingerprint density at radius 3 is 2.82 bits per heavy atom. The van der Waals surface area contributed by atoms with E-state index in [2.05, 4.69) is 9.89 Å². The molecule has 1 fully saturated rings. The number of benzene rings is 1. The van der Waals surface area contributed by atoms with Crippen molar-refractivity contribution in [3.63, 3.8) is 0 Å². The average Bonchev–Trinajstić information content (AvgIpc) is 3.12. The van der Waals surface area contributed by atoms with E-state index in [0.29, 0.717) is 10.7 Å². The molecule has 1 saturated heterocycles. The molecule has 2 aliphatic rings. The summed E-state index contributed by atoms with van der Waals surface area (Å²) in [5.41, 5.74) is 0.835. The normalized spacial score (nSPS) is 20.9. The van der Waals surface area contributed by atoms with Gasteiger partial charge in [0.15, 0.2) is 5.17 Å². The lowest BCUT2D eigenvalue weighted by Crippen LogP contribution is -2.33. The molecule has 0 radical (unpaired) electrons. The molecule has 0 atom stereocenters. The Hall–Kier alpha value is -2.01. The van der Waals surface area contributed by atoms with E-state index in [9.17, 15) is 4.79 Å². The van der Waals surface area contributed by atoms with Crippen molar-refractivity contribution >= 4 is 39.9 Å². The van der Waals surface area contributed by atoms with Gasteiger partial charge < -0.3 is 9.32 Å². The molecule has 2 aliphatic heterocycles. The Bertz CT molecular complexity index is 752. The first-order valence-corrected chi connectivity index (χ1v) is 8.37. The minimum absolute atomic E-state index is 0.161. The predicted octanol–water partition coefficient (Wildman–Crippen LogP) is 3.89. The molecule has 3 heterocycles. The number of hydrogen-bond donors (Lipinski definition) is 0. The lowest BCUT2D eigenvalue weighted by molar-refractivity contribution is -0.113. The number of furan rings is 1. The highest BCUT2D eigenvalue weighted by Gasteiger charge is 2.27. The molecular weight excluding hydrogens is 296 g/mol. The summed E-state index contributed by atoms with van der Waals surface area (Å²) >= 11 is 1.46. The van der Waals surface area contributed by atoms with Gasteiger partial charge in [0.1, 0.15) is 11.3 Å². The number of piperidine rings is 1. The molecule has 2 aromatic rings. The number of fused-ring (bicyclic) bond motifs is 1. The molecule has 0 unspecified atom stereocenters. The molecule has 1 aromatic carbocycles. The van der Waals surface area contributed by atoms with Crippen LogP contribution in [0.2, 0.25) is 0 Å². The zero-order valence-corrected chi connectivity index (χ0v) is 12.9. The fourth-order valence-electron chi connectivity index (χ4n) is 2.82. The van der Waals surface area contributed by atoms with Crippen LogP contribution in [-0.2, 0) is 4.79 Å². The zero-order chi connectivity index (χ0) is 14.9. The van der Waals surface area contributed by atoms with Crippen LogP contribution >= 0.6 is 11.8 Å². The van der Waals surface area contributed by atoms with E-state index in [1.165, 1.54) is 31.0 Å². The zero-order valence-electron chi connectivity index (χ0n) is 12.1. The number of carbonyl (C=O) groups is 1. The summed E-state index contributed by atoms with van der Waals surface area (Å²) < 4.78 is 5.75. The summed E-state index contributed by atoms with van der Waals surface area (Å²) in [5.74, 6) is 0.540. The van der Waals surface area contributed by atoms with Crippen LogP contribution < -0.4 is 0 Å². The third-order valence-corrected chi connectivity index (χ3v) is 5.00. The lowest BCUT2D eigenvalue weighted by Gasteiger charge is -2.27. The molecule has 0 saturated carbocycles. The number of rotatable bonds is 1. The second-order valence-electron chi connectivity index (χ2n) is 5.54. The highest BCUT2D eigenvalue weighted by Crippen LogP contribution is 2.32. The van der Waals surface area contributed by atoms with Gasteiger partial charge >= 0.3 is 0 Å². The Labute approximate surface area is 132 Å². The first-order valence-electron chi connectivity index (χ1n) is 7.56. The maximum Gasteiger partial charge on any atom is 0.286 e. The Morgan fingerprint density at radius 1 is 1.18 bits per heavy atom. The van der Waals surface area contributed by atoms with Crippen molar-refractivity contribution in [2.75, 3.05) is 13.1 Å². The van der Waals surface area contributed by atoms with Gasteiger partial charge in [0.05, 0.1) is 4.91 Å². The van der Waals surface area contributed by atoms with Crippen molar-refractivity contribution in [2.45, 2.75) is 19.3 Å². The van der Waals surface area contributed by atoms with Gasteiger partial charge in [-0.05, 0) is 43.2 Å². The molecule has 1 amide bonds. The van der Waals surface area contributed by atoms with Crippen molar-refractivity contribution in [2.24, 2.45) is 4.99 Å². The fourth-order valence-corrected chi connectivity index (χ4v) is 3.77. The Balaban J connectivity index is 1.57. The van der Waals surface area contributed by atoms with Crippen molar-refractivity contribution in [3.05, 3.63) is 41.0 Å². The van der Waals surface area contributed by atoms with Crippen LogP contribution in [0.5, 0.6) is 0 Å². The summed E-state index contributed by atoms with van der Waals surface area (Å²) in [4.78, 5) is 19.2. The number of hydrogen-bond acceptors (Lipinski definition) is 4. The lowest BCUT2D eigenvalue weighted by atomic mass is 10.1. The Morgan fingerprint density at radius 2 is 2.00 bits per heavy atom. The molecule has 0 aliphatic carbocycles. The van der Waals surface area contributed by atoms with E-state index < -0.39 is 0 Å². The quantitative estimate of drug-likeness (QED) is 0.750. The van der Waals surface area contributed by atoms with E-state index >= 15 is 0 Å². The van der Waals surface area contributed by atoms with E-state index in [-0.39, 0.29) is 5.91 Å². The number of thioether (sulfide) groups is 1. The molecule has 0 N–H and O–H groups in total. The second kappa shape index (κ2) is 5.65. The SMILES string of the molecule is O=C1N=C(N2CCCCC2)S/C1=C\c1cc2ccccc2o1. The standard InChI is InChI=1S/C17H16N2O2S/c20-16-15(22-17(18-16)19-8-4-1-5-9-19)11-13-10-12-6-2-3-7-14(12)21-13/h2-3,6-7,10-11H,1,4-5,8-9H2/b15-11-. The average molecular weight is 312 g/mol. The van der Waals surface area contributed by atoms with Gasteiger partial charge in [0.25, 0.3) is 5.91 Å². The van der Waals surface area contributed by atoms with Gasteiger partial charge in [-0.15, -0.1) is 0 Å². The van der Waals surface area contributed by atoms with Crippen molar-refractivity contribution in [1.82, 2.24) is 4.90 Å². The minimum atomic E-state index is -0.161. The largest absolute Gasteiger partial charge is 0.457 e. The number of nitrogens with zero attached hydrogens (tertiary/aromatic N) is 2. The number of likely N-dealkylation sites (tertiary alicyclic amines) is 1. The summed E-state index contributed by atoms with van der Waals surface area (Å²) in [6, 6.07) is 9.80. The second-order valence-corrected chi connectivity index (χ2v) is 6.55. The minimum Gasteiger partial charge on any atom is -0.457 e. The summed E-state index contributed by atoms with van der Waals surface area (Å²) in [6.45, 7) is 1.99. The van der Waals surface area contributed by atoms with E-state index in [0.717, 1.165) is 29.2 Å². The van der Waals surface area contributed by atoms with E-state index in [1.54, 1.807) is 6.08 Å². The highest BCUT2D eigenvalue weighted by atomic mass is 32.2. The fraction of sp³-hybridized carbons (Fsp3) is 0.294. The van der Waals surface area contributed by atoms with Gasteiger partial charge in [0.2, 0.25) is 0 Å². The number of carbonyl (C=O) groups excluding carboxylic acids is 1. The molecule has 0 spiro atoms. The van der Waals surface area contributed by atoms with Crippen molar-refractivity contribution in [3.8, 4) is 0 Å². The summed E-state index contributed by atoms with van der Waals surface area (Å²) in [5, 5.41) is 1.88. The van der Waals surface area contributed by atoms with Gasteiger partial charge in [-0.3, -0.25) is 4.79 Å². The van der Waals surface area contributed by atoms with Gasteiger partial charge in [-0.25, -0.2) is 0 Å². The van der Waals surface area contributed by atoms with Crippen LogP contribution in [0, 0.1) is 0 Å². The number of aliphatic imine (C=N–C) groups is 1. The maximum atomic E-state index is 12.1. The molecule has 5 heteroatoms. The topological polar surface area (TPSA) is 45.8 Å².